The van der Waals surface area contributed by atoms with E-state index in [4.69, 9.17) is 16.6 Å². The third-order valence-electron chi connectivity index (χ3n) is 5.09. The van der Waals surface area contributed by atoms with Crippen LogP contribution >= 0.6 is 12.2 Å². The lowest BCUT2D eigenvalue weighted by Crippen LogP contribution is -2.50. The molecule has 0 amide bonds. The number of aromatic nitrogens is 2. The zero-order chi connectivity index (χ0) is 18.1. The Bertz CT molecular complexity index is 915. The average Bonchev–Trinajstić information content (AvgIpc) is 3.19. The predicted molar refractivity (Wildman–Crippen MR) is 101 cm³/mol. The molecule has 2 aliphatic rings. The van der Waals surface area contributed by atoms with Crippen molar-refractivity contribution in [2.45, 2.75) is 19.1 Å². The van der Waals surface area contributed by atoms with Crippen molar-refractivity contribution in [3.63, 3.8) is 0 Å². The third-order valence-corrected chi connectivity index (χ3v) is 7.14. The highest BCUT2D eigenvalue weighted by Crippen LogP contribution is 2.20. The zero-order valence-electron chi connectivity index (χ0n) is 14.5. The molecule has 0 spiro atoms. The molecule has 4 rings (SSSR count). The zero-order valence-corrected chi connectivity index (χ0v) is 16.1. The Morgan fingerprint density at radius 3 is 2.54 bits per heavy atom. The summed E-state index contributed by atoms with van der Waals surface area (Å²) < 4.78 is 30.7. The normalized spacial score (nSPS) is 24.1. The van der Waals surface area contributed by atoms with Crippen molar-refractivity contribution in [3.05, 3.63) is 35.2 Å². The molecular weight excluding hydrogens is 372 g/mol. The molecule has 2 fully saturated rings. The van der Waals surface area contributed by atoms with Crippen molar-refractivity contribution in [1.29, 1.82) is 0 Å². The fourth-order valence-electron chi connectivity index (χ4n) is 3.62. The third kappa shape index (κ3) is 3.90. The van der Waals surface area contributed by atoms with Crippen LogP contribution in [0.2, 0.25) is 0 Å². The van der Waals surface area contributed by atoms with E-state index < -0.39 is 9.84 Å². The van der Waals surface area contributed by atoms with Gasteiger partial charge in [-0.25, -0.2) is 13.1 Å². The molecule has 2 aromatic rings. The van der Waals surface area contributed by atoms with E-state index >= 15 is 0 Å². The van der Waals surface area contributed by atoms with Gasteiger partial charge in [0.1, 0.15) is 0 Å². The van der Waals surface area contributed by atoms with Crippen LogP contribution in [0.5, 0.6) is 0 Å². The SMILES string of the molecule is O=S1(=O)CCC(N2CCN(Cn3nc(-c4ccccc4)oc3=S)CC2)C1. The van der Waals surface area contributed by atoms with Crippen LogP contribution in [-0.4, -0.2) is 71.7 Å². The minimum atomic E-state index is -2.83. The van der Waals surface area contributed by atoms with Gasteiger partial charge in [-0.3, -0.25) is 9.80 Å². The van der Waals surface area contributed by atoms with E-state index in [1.54, 1.807) is 4.68 Å². The van der Waals surface area contributed by atoms with E-state index in [1.165, 1.54) is 0 Å². The second kappa shape index (κ2) is 7.22. The molecule has 9 heteroatoms. The minimum absolute atomic E-state index is 0.182. The van der Waals surface area contributed by atoms with E-state index in [2.05, 4.69) is 14.9 Å². The minimum Gasteiger partial charge on any atom is -0.409 e. The van der Waals surface area contributed by atoms with Gasteiger partial charge in [0.05, 0.1) is 18.2 Å². The van der Waals surface area contributed by atoms with Crippen LogP contribution in [0.1, 0.15) is 6.42 Å². The largest absolute Gasteiger partial charge is 0.409 e. The first-order chi connectivity index (χ1) is 12.5. The van der Waals surface area contributed by atoms with Gasteiger partial charge in [0.15, 0.2) is 9.84 Å². The quantitative estimate of drug-likeness (QED) is 0.730. The highest BCUT2D eigenvalue weighted by molar-refractivity contribution is 7.91. The predicted octanol–water partition coefficient (Wildman–Crippen LogP) is 1.63. The Labute approximate surface area is 158 Å². The molecular formula is C17H22N4O3S2. The summed E-state index contributed by atoms with van der Waals surface area (Å²) in [6.07, 6.45) is 0.761. The van der Waals surface area contributed by atoms with Gasteiger partial charge < -0.3 is 4.42 Å². The Morgan fingerprint density at radius 2 is 1.88 bits per heavy atom. The molecule has 3 heterocycles. The van der Waals surface area contributed by atoms with Gasteiger partial charge in [-0.2, -0.15) is 0 Å². The number of hydrogen-bond acceptors (Lipinski definition) is 7. The van der Waals surface area contributed by atoms with E-state index in [9.17, 15) is 8.42 Å². The fraction of sp³-hybridized carbons (Fsp3) is 0.529. The van der Waals surface area contributed by atoms with Crippen LogP contribution in [0.3, 0.4) is 0 Å². The Hall–Kier alpha value is -1.55. The highest BCUT2D eigenvalue weighted by atomic mass is 32.2. The second-order valence-corrected chi connectivity index (χ2v) is 9.47. The van der Waals surface area contributed by atoms with Crippen molar-refractivity contribution in [3.8, 4) is 11.5 Å². The number of benzene rings is 1. The van der Waals surface area contributed by atoms with Gasteiger partial charge in [-0.05, 0) is 30.8 Å². The van der Waals surface area contributed by atoms with Crippen LogP contribution in [0, 0.1) is 4.84 Å². The van der Waals surface area contributed by atoms with Gasteiger partial charge in [-0.15, -0.1) is 5.10 Å². The number of piperazine rings is 1. The molecule has 1 unspecified atom stereocenters. The van der Waals surface area contributed by atoms with Crippen molar-refractivity contribution in [2.24, 2.45) is 0 Å². The summed E-state index contributed by atoms with van der Waals surface area (Å²) in [6.45, 7) is 4.07. The molecule has 26 heavy (non-hydrogen) atoms. The average molecular weight is 395 g/mol. The first-order valence-electron chi connectivity index (χ1n) is 8.80. The van der Waals surface area contributed by atoms with Crippen molar-refractivity contribution in [2.75, 3.05) is 37.7 Å². The van der Waals surface area contributed by atoms with Crippen molar-refractivity contribution in [1.82, 2.24) is 19.6 Å². The lowest BCUT2D eigenvalue weighted by Gasteiger charge is -2.37. The topological polar surface area (TPSA) is 71.6 Å². The van der Waals surface area contributed by atoms with Gasteiger partial charge in [-0.1, -0.05) is 18.2 Å². The maximum absolute atomic E-state index is 11.7. The van der Waals surface area contributed by atoms with E-state index in [0.29, 0.717) is 28.9 Å². The molecule has 0 bridgehead atoms. The van der Waals surface area contributed by atoms with Crippen LogP contribution < -0.4 is 0 Å². The molecule has 0 saturated carbocycles. The van der Waals surface area contributed by atoms with Gasteiger partial charge in [0, 0.05) is 37.8 Å². The summed E-state index contributed by atoms with van der Waals surface area (Å²) in [5.74, 6) is 1.17. The monoisotopic (exact) mass is 394 g/mol. The Kier molecular flexibility index (Phi) is 4.96. The van der Waals surface area contributed by atoms with Crippen LogP contribution in [0.15, 0.2) is 34.7 Å². The fourth-order valence-corrected chi connectivity index (χ4v) is 5.55. The van der Waals surface area contributed by atoms with E-state index in [-0.39, 0.29) is 6.04 Å². The summed E-state index contributed by atoms with van der Waals surface area (Å²) in [4.78, 5) is 4.94. The molecule has 140 valence electrons. The van der Waals surface area contributed by atoms with Gasteiger partial charge in [0.25, 0.3) is 4.84 Å². The van der Waals surface area contributed by atoms with E-state index in [1.807, 2.05) is 30.3 Å². The summed E-state index contributed by atoms with van der Waals surface area (Å²) in [5, 5.41) is 4.50. The van der Waals surface area contributed by atoms with Crippen LogP contribution in [0.25, 0.3) is 11.5 Å². The molecule has 2 aliphatic heterocycles. The maximum atomic E-state index is 11.7. The smallest absolute Gasteiger partial charge is 0.288 e. The molecule has 0 aliphatic carbocycles. The van der Waals surface area contributed by atoms with Crippen molar-refractivity contribution < 1.29 is 12.8 Å². The summed E-state index contributed by atoms with van der Waals surface area (Å²) >= 11 is 5.31. The number of nitrogens with zero attached hydrogens (tertiary/aromatic N) is 4. The van der Waals surface area contributed by atoms with Gasteiger partial charge in [0.2, 0.25) is 5.89 Å². The standard InChI is InChI=1S/C17H22N4O3S2/c22-26(23)11-6-15(12-26)20-9-7-19(8-10-20)13-21-17(25)24-16(18-21)14-4-2-1-3-5-14/h1-5,15H,6-13H2. The van der Waals surface area contributed by atoms with Crippen LogP contribution in [0.4, 0.5) is 0 Å². The molecule has 2 saturated heterocycles. The lowest BCUT2D eigenvalue weighted by molar-refractivity contribution is 0.0803. The number of sulfone groups is 1. The van der Waals surface area contributed by atoms with Crippen LogP contribution in [-0.2, 0) is 16.5 Å². The van der Waals surface area contributed by atoms with Gasteiger partial charge >= 0.3 is 0 Å². The Balaban J connectivity index is 1.36. The first-order valence-corrected chi connectivity index (χ1v) is 11.0. The molecule has 0 radical (unpaired) electrons. The molecule has 1 aromatic heterocycles. The summed E-state index contributed by atoms with van der Waals surface area (Å²) in [6, 6.07) is 9.90. The van der Waals surface area contributed by atoms with E-state index in [0.717, 1.165) is 38.2 Å². The molecule has 1 atom stereocenters. The summed E-state index contributed by atoms with van der Waals surface area (Å²) in [7, 11) is -2.83. The lowest BCUT2D eigenvalue weighted by atomic mass is 10.2. The number of hydrogen-bond donors (Lipinski definition) is 0. The van der Waals surface area contributed by atoms with Crippen molar-refractivity contribution >= 4 is 22.1 Å². The Morgan fingerprint density at radius 1 is 1.15 bits per heavy atom. The number of rotatable bonds is 4. The second-order valence-electron chi connectivity index (χ2n) is 6.89. The molecule has 7 nitrogen and oxygen atoms in total. The summed E-state index contributed by atoms with van der Waals surface area (Å²) in [5.41, 5.74) is 0.907. The maximum Gasteiger partial charge on any atom is 0.288 e. The highest BCUT2D eigenvalue weighted by Gasteiger charge is 2.33. The molecule has 1 aromatic carbocycles. The first kappa shape index (κ1) is 17.8. The molecule has 0 N–H and O–H groups in total.